The summed E-state index contributed by atoms with van der Waals surface area (Å²) >= 11 is 0. The molecule has 132 valence electrons. The molecule has 0 saturated heterocycles. The van der Waals surface area contributed by atoms with Gasteiger partial charge < -0.3 is 14.6 Å². The zero-order valence-corrected chi connectivity index (χ0v) is 14.6. The predicted octanol–water partition coefficient (Wildman–Crippen LogP) is 4.05. The van der Waals surface area contributed by atoms with E-state index in [1.165, 1.54) is 5.56 Å². The van der Waals surface area contributed by atoms with Crippen LogP contribution in [0.5, 0.6) is 0 Å². The number of carboxylic acid groups (broad SMARTS) is 1. The summed E-state index contributed by atoms with van der Waals surface area (Å²) in [6.07, 6.45) is 10.8. The third-order valence-electron chi connectivity index (χ3n) is 7.00. The Morgan fingerprint density at radius 3 is 2.83 bits per heavy atom. The molecule has 4 heteroatoms. The number of hydrogen-bond donors (Lipinski definition) is 2. The molecule has 1 aromatic rings. The van der Waals surface area contributed by atoms with E-state index in [4.69, 9.17) is 4.42 Å². The smallest absolute Gasteiger partial charge is 0.331 e. The third-order valence-corrected chi connectivity index (χ3v) is 7.00. The molecule has 0 aromatic carbocycles. The standard InChI is InChI=1S/C20H28O4/c1-14-6-10-20(13-21)16(18(22)23)4-3-5-17(20)19(14,2)9-7-15-8-11-24-12-15/h4,8,11-12,14,17,21H,3,5-7,9-10,13H2,1-2H3,(H,22,23)/t14-,17-,19-,20+/m1/s1. The number of aliphatic hydroxyl groups excluding tert-OH is 1. The van der Waals surface area contributed by atoms with E-state index in [1.54, 1.807) is 12.5 Å². The van der Waals surface area contributed by atoms with E-state index in [2.05, 4.69) is 13.8 Å². The molecule has 1 saturated carbocycles. The van der Waals surface area contributed by atoms with Crippen LogP contribution in [-0.2, 0) is 11.2 Å². The van der Waals surface area contributed by atoms with Crippen molar-refractivity contribution >= 4 is 5.97 Å². The van der Waals surface area contributed by atoms with Gasteiger partial charge >= 0.3 is 5.97 Å². The van der Waals surface area contributed by atoms with Gasteiger partial charge in [-0.25, -0.2) is 4.79 Å². The summed E-state index contributed by atoms with van der Waals surface area (Å²) in [4.78, 5) is 11.8. The van der Waals surface area contributed by atoms with Crippen LogP contribution in [-0.4, -0.2) is 22.8 Å². The monoisotopic (exact) mass is 332 g/mol. The highest BCUT2D eigenvalue weighted by Gasteiger charge is 2.57. The first kappa shape index (κ1) is 17.3. The molecule has 24 heavy (non-hydrogen) atoms. The molecular weight excluding hydrogens is 304 g/mol. The number of aliphatic hydroxyl groups is 1. The van der Waals surface area contributed by atoms with E-state index in [1.807, 2.05) is 12.1 Å². The number of fused-ring (bicyclic) bond motifs is 1. The second kappa shape index (κ2) is 6.40. The van der Waals surface area contributed by atoms with Gasteiger partial charge in [-0.05, 0) is 67.4 Å². The second-order valence-electron chi connectivity index (χ2n) is 7.94. The first-order valence-corrected chi connectivity index (χ1v) is 9.00. The minimum Gasteiger partial charge on any atom is -0.478 e. The molecule has 1 fully saturated rings. The lowest BCUT2D eigenvalue weighted by Gasteiger charge is -2.58. The summed E-state index contributed by atoms with van der Waals surface area (Å²) in [6.45, 7) is 4.52. The molecule has 2 aliphatic rings. The highest BCUT2D eigenvalue weighted by molar-refractivity contribution is 5.88. The molecule has 0 aliphatic heterocycles. The number of aliphatic carboxylic acids is 1. The van der Waals surface area contributed by atoms with Gasteiger partial charge in [0.15, 0.2) is 0 Å². The minimum atomic E-state index is -0.861. The molecule has 0 amide bonds. The van der Waals surface area contributed by atoms with E-state index in [9.17, 15) is 15.0 Å². The molecule has 0 bridgehead atoms. The van der Waals surface area contributed by atoms with Gasteiger partial charge in [-0.15, -0.1) is 0 Å². The Kier molecular flexibility index (Phi) is 4.60. The van der Waals surface area contributed by atoms with Crippen molar-refractivity contribution in [3.8, 4) is 0 Å². The predicted molar refractivity (Wildman–Crippen MR) is 91.5 cm³/mol. The number of allylic oxidation sites excluding steroid dienone is 1. The fraction of sp³-hybridized carbons (Fsp3) is 0.650. The Labute approximate surface area is 143 Å². The van der Waals surface area contributed by atoms with Gasteiger partial charge in [0, 0.05) is 11.0 Å². The van der Waals surface area contributed by atoms with Crippen molar-refractivity contribution in [1.82, 2.24) is 0 Å². The van der Waals surface area contributed by atoms with Crippen molar-refractivity contribution in [3.63, 3.8) is 0 Å². The SMILES string of the molecule is C[C@@H]1CC[C@]2(CO)C(C(=O)O)=CCC[C@@H]2[C@]1(C)CCc1ccoc1. The molecule has 0 radical (unpaired) electrons. The van der Waals surface area contributed by atoms with Crippen molar-refractivity contribution in [1.29, 1.82) is 0 Å². The van der Waals surface area contributed by atoms with Crippen LogP contribution in [0.3, 0.4) is 0 Å². The topological polar surface area (TPSA) is 70.7 Å². The van der Waals surface area contributed by atoms with Crippen LogP contribution in [0, 0.1) is 22.7 Å². The van der Waals surface area contributed by atoms with Crippen LogP contribution in [0.1, 0.15) is 51.5 Å². The molecule has 0 unspecified atom stereocenters. The molecule has 4 nitrogen and oxygen atoms in total. The number of hydrogen-bond acceptors (Lipinski definition) is 3. The van der Waals surface area contributed by atoms with Gasteiger partial charge in [0.05, 0.1) is 19.1 Å². The first-order chi connectivity index (χ1) is 11.4. The van der Waals surface area contributed by atoms with Crippen LogP contribution in [0.2, 0.25) is 0 Å². The second-order valence-corrected chi connectivity index (χ2v) is 7.94. The number of rotatable bonds is 5. The Hall–Kier alpha value is -1.55. The van der Waals surface area contributed by atoms with Crippen molar-refractivity contribution in [2.24, 2.45) is 22.7 Å². The fourth-order valence-corrected chi connectivity index (χ4v) is 5.32. The maximum Gasteiger partial charge on any atom is 0.331 e. The van der Waals surface area contributed by atoms with E-state index in [0.29, 0.717) is 11.5 Å². The zero-order chi connectivity index (χ0) is 17.4. The van der Waals surface area contributed by atoms with Crippen LogP contribution in [0.15, 0.2) is 34.7 Å². The van der Waals surface area contributed by atoms with Crippen molar-refractivity contribution in [2.75, 3.05) is 6.61 Å². The largest absolute Gasteiger partial charge is 0.478 e. The van der Waals surface area contributed by atoms with Gasteiger partial charge in [0.2, 0.25) is 0 Å². The molecular formula is C20H28O4. The Morgan fingerprint density at radius 1 is 1.42 bits per heavy atom. The maximum atomic E-state index is 11.8. The normalized spacial score (nSPS) is 36.0. The van der Waals surface area contributed by atoms with Crippen molar-refractivity contribution in [2.45, 2.75) is 52.4 Å². The molecule has 3 rings (SSSR count). The summed E-state index contributed by atoms with van der Waals surface area (Å²) in [5.41, 5.74) is 1.07. The van der Waals surface area contributed by atoms with Crippen molar-refractivity contribution in [3.05, 3.63) is 35.8 Å². The number of aryl methyl sites for hydroxylation is 1. The average Bonchev–Trinajstić information content (AvgIpc) is 3.09. The van der Waals surface area contributed by atoms with Crippen LogP contribution in [0.25, 0.3) is 0 Å². The molecule has 1 heterocycles. The molecule has 2 N–H and O–H groups in total. The average molecular weight is 332 g/mol. The zero-order valence-electron chi connectivity index (χ0n) is 14.6. The van der Waals surface area contributed by atoms with Crippen LogP contribution in [0.4, 0.5) is 0 Å². The van der Waals surface area contributed by atoms with Crippen molar-refractivity contribution < 1.29 is 19.4 Å². The molecule has 1 aromatic heterocycles. The summed E-state index contributed by atoms with van der Waals surface area (Å²) in [7, 11) is 0. The third kappa shape index (κ3) is 2.61. The number of carbonyl (C=O) groups is 1. The lowest BCUT2D eigenvalue weighted by atomic mass is 9.46. The quantitative estimate of drug-likeness (QED) is 0.853. The molecule has 2 aliphatic carbocycles. The number of furan rings is 1. The summed E-state index contributed by atoms with van der Waals surface area (Å²) < 4.78 is 5.18. The van der Waals surface area contributed by atoms with Crippen LogP contribution >= 0.6 is 0 Å². The summed E-state index contributed by atoms with van der Waals surface area (Å²) in [5.74, 6) is -0.135. The summed E-state index contributed by atoms with van der Waals surface area (Å²) in [5, 5.41) is 19.9. The molecule has 4 atom stereocenters. The summed E-state index contributed by atoms with van der Waals surface area (Å²) in [6, 6.07) is 2.00. The van der Waals surface area contributed by atoms with Gasteiger partial charge in [0.25, 0.3) is 0 Å². The lowest BCUT2D eigenvalue weighted by molar-refractivity contribution is -0.139. The molecule has 0 spiro atoms. The highest BCUT2D eigenvalue weighted by Crippen LogP contribution is 2.61. The van der Waals surface area contributed by atoms with E-state index < -0.39 is 11.4 Å². The van der Waals surface area contributed by atoms with Gasteiger partial charge in [0.1, 0.15) is 0 Å². The van der Waals surface area contributed by atoms with Gasteiger partial charge in [-0.2, -0.15) is 0 Å². The van der Waals surface area contributed by atoms with E-state index in [-0.39, 0.29) is 17.9 Å². The fourth-order valence-electron chi connectivity index (χ4n) is 5.32. The maximum absolute atomic E-state index is 11.8. The van der Waals surface area contributed by atoms with E-state index >= 15 is 0 Å². The van der Waals surface area contributed by atoms with Gasteiger partial charge in [-0.1, -0.05) is 19.9 Å². The van der Waals surface area contributed by atoms with E-state index in [0.717, 1.165) is 38.5 Å². The minimum absolute atomic E-state index is 0.0210. The first-order valence-electron chi connectivity index (χ1n) is 9.00. The Morgan fingerprint density at radius 2 is 2.21 bits per heavy atom. The lowest BCUT2D eigenvalue weighted by Crippen LogP contribution is -2.54. The van der Waals surface area contributed by atoms with Crippen LogP contribution < -0.4 is 0 Å². The number of carboxylic acids is 1. The Bertz CT molecular complexity index is 618. The van der Waals surface area contributed by atoms with Gasteiger partial charge in [-0.3, -0.25) is 0 Å². The highest BCUT2D eigenvalue weighted by atomic mass is 16.4. The Balaban J connectivity index is 1.93.